The summed E-state index contributed by atoms with van der Waals surface area (Å²) in [5, 5.41) is 11.1. The van der Waals surface area contributed by atoms with Crippen LogP contribution in [0.4, 0.5) is 0 Å². The lowest BCUT2D eigenvalue weighted by molar-refractivity contribution is 0.669. The molecule has 0 aliphatic carbocycles. The van der Waals surface area contributed by atoms with Gasteiger partial charge in [-0.05, 0) is 70.8 Å². The molecular weight excluding hydrogens is 1320 g/mol. The van der Waals surface area contributed by atoms with Crippen LogP contribution in [0.3, 0.4) is 0 Å². The fourth-order valence-electron chi connectivity index (χ4n) is 15.4. The van der Waals surface area contributed by atoms with Crippen molar-refractivity contribution in [3.63, 3.8) is 0 Å². The molecule has 8 heteroatoms. The zero-order chi connectivity index (χ0) is 71.4. The number of para-hydroxylation sites is 4. The maximum atomic E-state index is 6.58. The van der Waals surface area contributed by atoms with Crippen LogP contribution >= 0.6 is 0 Å². The highest BCUT2D eigenvalue weighted by Gasteiger charge is 2.25. The lowest BCUT2D eigenvalue weighted by atomic mass is 9.89. The maximum Gasteiger partial charge on any atom is 0.160 e. The minimum absolute atomic E-state index is 0.664. The van der Waals surface area contributed by atoms with Crippen molar-refractivity contribution >= 4 is 87.2 Å². The fourth-order valence-corrected chi connectivity index (χ4v) is 15.4. The quantitative estimate of drug-likeness (QED) is 0.118. The van der Waals surface area contributed by atoms with E-state index in [-0.39, 0.29) is 0 Å². The van der Waals surface area contributed by atoms with Gasteiger partial charge in [-0.2, -0.15) is 0 Å². The average Bonchev–Trinajstić information content (AvgIpc) is 1.56. The van der Waals surface area contributed by atoms with Crippen LogP contribution in [0.5, 0.6) is 0 Å². The van der Waals surface area contributed by atoms with Gasteiger partial charge < -0.3 is 8.83 Å². The van der Waals surface area contributed by atoms with E-state index >= 15 is 0 Å². The molecular formula is C100H62N6O2. The largest absolute Gasteiger partial charge is 0.456 e. The molecule has 0 amide bonds. The van der Waals surface area contributed by atoms with Crippen molar-refractivity contribution in [2.45, 2.75) is 0 Å². The number of hydrogen-bond donors (Lipinski definition) is 0. The summed E-state index contributed by atoms with van der Waals surface area (Å²) in [4.78, 5) is 31.0. The summed E-state index contributed by atoms with van der Waals surface area (Å²) in [5.74, 6) is 1.34. The van der Waals surface area contributed by atoms with Gasteiger partial charge in [-0.1, -0.05) is 328 Å². The minimum atomic E-state index is 0.664. The van der Waals surface area contributed by atoms with Crippen molar-refractivity contribution in [3.05, 3.63) is 376 Å². The van der Waals surface area contributed by atoms with E-state index in [1.807, 2.05) is 84.9 Å². The molecule has 0 spiro atoms. The van der Waals surface area contributed by atoms with Crippen LogP contribution in [0.25, 0.3) is 211 Å². The molecule has 108 heavy (non-hydrogen) atoms. The van der Waals surface area contributed by atoms with Crippen LogP contribution in [-0.2, 0) is 0 Å². The van der Waals surface area contributed by atoms with E-state index in [1.165, 1.54) is 11.1 Å². The Morgan fingerprint density at radius 3 is 0.806 bits per heavy atom. The molecule has 0 saturated carbocycles. The Balaban J connectivity index is 0.000000143. The molecule has 0 saturated heterocycles. The van der Waals surface area contributed by atoms with Crippen LogP contribution in [0.2, 0.25) is 0 Å². The fraction of sp³-hybridized carbons (Fsp3) is 0. The highest BCUT2D eigenvalue weighted by atomic mass is 16.3. The predicted molar refractivity (Wildman–Crippen MR) is 444 cm³/mol. The number of furan rings is 2. The molecule has 0 aliphatic rings. The Labute approximate surface area is 621 Å². The summed E-state index contributed by atoms with van der Waals surface area (Å²) in [6, 6.07) is 130. The van der Waals surface area contributed by atoms with Crippen LogP contribution in [-0.4, -0.2) is 29.9 Å². The van der Waals surface area contributed by atoms with Crippen LogP contribution in [0, 0.1) is 0 Å². The summed E-state index contributed by atoms with van der Waals surface area (Å²) in [6.07, 6.45) is 0. The van der Waals surface area contributed by atoms with E-state index in [1.54, 1.807) is 0 Å². The summed E-state index contributed by atoms with van der Waals surface area (Å²) >= 11 is 0. The Bertz CT molecular complexity index is 6920. The van der Waals surface area contributed by atoms with Crippen LogP contribution in [0.15, 0.2) is 385 Å². The van der Waals surface area contributed by atoms with Gasteiger partial charge in [-0.3, -0.25) is 0 Å². The Morgan fingerprint density at radius 1 is 0.167 bits per heavy atom. The number of hydrogen-bond acceptors (Lipinski definition) is 8. The molecule has 6 heterocycles. The van der Waals surface area contributed by atoms with Gasteiger partial charge in [0.1, 0.15) is 22.3 Å². The topological polar surface area (TPSA) is 104 Å². The Hall–Kier alpha value is -14.6. The molecule has 21 rings (SSSR count). The van der Waals surface area contributed by atoms with Gasteiger partial charge in [0.2, 0.25) is 0 Å². The van der Waals surface area contributed by atoms with Crippen molar-refractivity contribution in [1.29, 1.82) is 0 Å². The molecule has 8 nitrogen and oxygen atoms in total. The molecule has 0 radical (unpaired) electrons. The van der Waals surface area contributed by atoms with Gasteiger partial charge in [0, 0.05) is 109 Å². The molecule has 0 bridgehead atoms. The van der Waals surface area contributed by atoms with Crippen molar-refractivity contribution in [3.8, 4) is 124 Å². The van der Waals surface area contributed by atoms with Crippen molar-refractivity contribution in [2.75, 3.05) is 0 Å². The van der Waals surface area contributed by atoms with Gasteiger partial charge in [-0.25, -0.2) is 29.9 Å². The zero-order valence-corrected chi connectivity index (χ0v) is 58.3. The summed E-state index contributed by atoms with van der Waals surface area (Å²) in [5.41, 5.74) is 25.6. The average molecular weight is 1380 g/mol. The molecule has 21 aromatic rings. The zero-order valence-electron chi connectivity index (χ0n) is 58.3. The number of aromatic nitrogens is 6. The second-order valence-electron chi connectivity index (χ2n) is 27.1. The van der Waals surface area contributed by atoms with E-state index < -0.39 is 0 Å². The second-order valence-corrected chi connectivity index (χ2v) is 27.1. The van der Waals surface area contributed by atoms with Gasteiger partial charge >= 0.3 is 0 Å². The predicted octanol–water partition coefficient (Wildman–Crippen LogP) is 26.5. The van der Waals surface area contributed by atoms with E-state index in [0.29, 0.717) is 11.6 Å². The summed E-state index contributed by atoms with van der Waals surface area (Å²) < 4.78 is 13.1. The summed E-state index contributed by atoms with van der Waals surface area (Å²) in [7, 11) is 0. The van der Waals surface area contributed by atoms with E-state index in [2.05, 4.69) is 291 Å². The normalized spacial score (nSPS) is 11.5. The molecule has 504 valence electrons. The lowest BCUT2D eigenvalue weighted by Gasteiger charge is -2.16. The third-order valence-corrected chi connectivity index (χ3v) is 20.6. The monoisotopic (exact) mass is 1380 g/mol. The minimum Gasteiger partial charge on any atom is -0.456 e. The van der Waals surface area contributed by atoms with Gasteiger partial charge in [0.25, 0.3) is 0 Å². The van der Waals surface area contributed by atoms with E-state index in [0.717, 1.165) is 188 Å². The van der Waals surface area contributed by atoms with E-state index in [4.69, 9.17) is 38.7 Å². The van der Waals surface area contributed by atoms with Crippen molar-refractivity contribution < 1.29 is 8.83 Å². The standard InChI is InChI=1S/C53H33N3O.C47H29N3O/c1-4-14-34(15-5-1)35-24-26-37(27-25-35)46-33-45(36-16-6-2-7-17-36)55-53(56-46)40-30-28-39(29-31-40)52-43-32-48-51(42-21-11-13-23-47(42)57-48)49(38-18-8-3-9-19-38)50(43)41-20-10-12-22-44(41)54-52;1-4-14-30(15-5-1)39-29-40(31-16-6-2-7-17-31)50-47(49-39)34-26-24-33(25-27-34)46-37-28-42-45(36-21-11-13-23-41(36)51-42)43(32-18-8-3-9-19-32)44(37)35-20-10-12-22-38(35)48-46/h1-33H;1-29H. The van der Waals surface area contributed by atoms with E-state index in [9.17, 15) is 0 Å². The second kappa shape index (κ2) is 26.9. The molecule has 0 aliphatic heterocycles. The number of rotatable bonds is 11. The molecule has 0 N–H and O–H groups in total. The molecule has 6 aromatic heterocycles. The third-order valence-electron chi connectivity index (χ3n) is 20.6. The van der Waals surface area contributed by atoms with Crippen molar-refractivity contribution in [2.24, 2.45) is 0 Å². The number of fused-ring (bicyclic) bond motifs is 12. The maximum absolute atomic E-state index is 6.58. The Kier molecular flexibility index (Phi) is 15.7. The van der Waals surface area contributed by atoms with Crippen LogP contribution < -0.4 is 0 Å². The third kappa shape index (κ3) is 11.5. The van der Waals surface area contributed by atoms with Crippen LogP contribution in [0.1, 0.15) is 0 Å². The van der Waals surface area contributed by atoms with Crippen molar-refractivity contribution in [1.82, 2.24) is 29.9 Å². The molecule has 0 unspecified atom stereocenters. The molecule has 0 fully saturated rings. The first-order chi connectivity index (χ1) is 53.5. The molecule has 0 atom stereocenters. The number of pyridine rings is 2. The lowest BCUT2D eigenvalue weighted by Crippen LogP contribution is -1.96. The Morgan fingerprint density at radius 2 is 0.435 bits per heavy atom. The number of nitrogens with zero attached hydrogens (tertiary/aromatic N) is 6. The first-order valence-corrected chi connectivity index (χ1v) is 36.3. The van der Waals surface area contributed by atoms with Gasteiger partial charge in [-0.15, -0.1) is 0 Å². The first kappa shape index (κ1) is 63.1. The summed E-state index contributed by atoms with van der Waals surface area (Å²) in [6.45, 7) is 0. The molecule has 15 aromatic carbocycles. The van der Waals surface area contributed by atoms with Gasteiger partial charge in [0.05, 0.1) is 45.2 Å². The number of benzene rings is 15. The highest BCUT2D eigenvalue weighted by molar-refractivity contribution is 6.29. The first-order valence-electron chi connectivity index (χ1n) is 36.3. The SMILES string of the molecule is c1ccc(-c2cc(-c3ccccc3)nc(-c3ccc(-c4nc5ccccc5c5c(-c6ccccc6)c6c(cc45)oc4ccccc46)cc3)n2)cc1.c1ccc(-c2ccc(-c3cc(-c4ccccc4)nc(-c4ccc(-c5nc6ccccc6c6c(-c7ccccc7)c7c(cc56)oc5ccccc57)cc4)n3)cc2)cc1. The highest BCUT2D eigenvalue weighted by Crippen LogP contribution is 2.49. The van der Waals surface area contributed by atoms with Gasteiger partial charge in [0.15, 0.2) is 11.6 Å². The smallest absolute Gasteiger partial charge is 0.160 e.